The van der Waals surface area contributed by atoms with Crippen LogP contribution in [0.4, 0.5) is 0 Å². The molecule has 3 heteroatoms. The first-order valence-corrected chi connectivity index (χ1v) is 6.08. The Morgan fingerprint density at radius 3 is 2.06 bits per heavy atom. The van der Waals surface area contributed by atoms with Crippen LogP contribution in [0.5, 0.6) is 0 Å². The van der Waals surface area contributed by atoms with Gasteiger partial charge in [0, 0.05) is 11.3 Å². The second-order valence-electron chi connectivity index (χ2n) is 4.28. The van der Waals surface area contributed by atoms with Crippen molar-refractivity contribution in [3.63, 3.8) is 0 Å². The lowest BCUT2D eigenvalue weighted by atomic mass is 9.97. The van der Waals surface area contributed by atoms with Crippen LogP contribution in [0.25, 0.3) is 11.3 Å². The predicted octanol–water partition coefficient (Wildman–Crippen LogP) is 4.07. The number of aromatic nitrogens is 2. The maximum absolute atomic E-state index is 4.37. The molecule has 84 valence electrons. The van der Waals surface area contributed by atoms with Crippen molar-refractivity contribution in [2.75, 3.05) is 0 Å². The summed E-state index contributed by atoms with van der Waals surface area (Å²) in [6.45, 7) is 8.39. The fourth-order valence-corrected chi connectivity index (χ4v) is 2.51. The van der Waals surface area contributed by atoms with Crippen molar-refractivity contribution in [1.82, 2.24) is 10.2 Å². The van der Waals surface area contributed by atoms with E-state index in [4.69, 9.17) is 0 Å². The van der Waals surface area contributed by atoms with Gasteiger partial charge in [0.15, 0.2) is 0 Å². The normalized spacial score (nSPS) is 10.8. The summed E-state index contributed by atoms with van der Waals surface area (Å²) >= 11 is 3.58. The number of halogens is 1. The van der Waals surface area contributed by atoms with Crippen molar-refractivity contribution < 1.29 is 0 Å². The minimum atomic E-state index is 1.01. The molecule has 0 aliphatic carbocycles. The molecule has 0 spiro atoms. The Hall–Kier alpha value is -1.09. The van der Waals surface area contributed by atoms with E-state index in [-0.39, 0.29) is 0 Å². The zero-order valence-electron chi connectivity index (χ0n) is 9.98. The minimum absolute atomic E-state index is 1.01. The number of aryl methyl sites for hydroxylation is 4. The summed E-state index contributed by atoms with van der Waals surface area (Å²) in [7, 11) is 0. The minimum Gasteiger partial charge on any atom is -0.281 e. The number of hydrogen-bond acceptors (Lipinski definition) is 1. The third-order valence-electron chi connectivity index (χ3n) is 2.79. The second kappa shape index (κ2) is 4.06. The molecule has 2 nitrogen and oxygen atoms in total. The predicted molar refractivity (Wildman–Crippen MR) is 70.7 cm³/mol. The molecule has 0 saturated heterocycles. The first-order chi connectivity index (χ1) is 7.50. The van der Waals surface area contributed by atoms with Gasteiger partial charge in [-0.1, -0.05) is 17.7 Å². The van der Waals surface area contributed by atoms with Gasteiger partial charge in [0.25, 0.3) is 0 Å². The van der Waals surface area contributed by atoms with Crippen molar-refractivity contribution in [3.8, 4) is 11.3 Å². The lowest BCUT2D eigenvalue weighted by Gasteiger charge is -2.09. The summed E-state index contributed by atoms with van der Waals surface area (Å²) in [4.78, 5) is 0. The van der Waals surface area contributed by atoms with Gasteiger partial charge in [0.1, 0.15) is 5.69 Å². The van der Waals surface area contributed by atoms with E-state index in [1.807, 2.05) is 6.92 Å². The third kappa shape index (κ3) is 1.80. The zero-order valence-corrected chi connectivity index (χ0v) is 11.6. The number of benzene rings is 1. The highest BCUT2D eigenvalue weighted by molar-refractivity contribution is 9.10. The van der Waals surface area contributed by atoms with Gasteiger partial charge in [-0.15, -0.1) is 0 Å². The zero-order chi connectivity index (χ0) is 11.9. The fourth-order valence-electron chi connectivity index (χ4n) is 2.13. The molecule has 0 amide bonds. The lowest BCUT2D eigenvalue weighted by Crippen LogP contribution is -1.91. The van der Waals surface area contributed by atoms with Crippen molar-refractivity contribution in [2.24, 2.45) is 0 Å². The molecule has 2 aromatic rings. The topological polar surface area (TPSA) is 28.7 Å². The quantitative estimate of drug-likeness (QED) is 0.837. The molecular formula is C13H15BrN2. The Kier molecular flexibility index (Phi) is 2.89. The molecule has 0 radical (unpaired) electrons. The summed E-state index contributed by atoms with van der Waals surface area (Å²) in [6, 6.07) is 4.39. The molecule has 1 aromatic carbocycles. The van der Waals surface area contributed by atoms with Crippen LogP contribution in [0.15, 0.2) is 16.6 Å². The first-order valence-electron chi connectivity index (χ1n) is 5.29. The third-order valence-corrected chi connectivity index (χ3v) is 3.76. The number of aromatic amines is 1. The van der Waals surface area contributed by atoms with Crippen LogP contribution < -0.4 is 0 Å². The van der Waals surface area contributed by atoms with Gasteiger partial charge in [0.05, 0.1) is 4.47 Å². The monoisotopic (exact) mass is 278 g/mol. The molecule has 2 rings (SSSR count). The maximum atomic E-state index is 4.37. The SMILES string of the molecule is Cc1cc(C)c(-c2n[nH]c(C)c2Br)c(C)c1. The molecule has 1 heterocycles. The highest BCUT2D eigenvalue weighted by Crippen LogP contribution is 2.33. The van der Waals surface area contributed by atoms with E-state index >= 15 is 0 Å². The second-order valence-corrected chi connectivity index (χ2v) is 5.08. The summed E-state index contributed by atoms with van der Waals surface area (Å²) in [5, 5.41) is 7.37. The first kappa shape index (κ1) is 11.4. The largest absolute Gasteiger partial charge is 0.281 e. The molecule has 16 heavy (non-hydrogen) atoms. The smallest absolute Gasteiger partial charge is 0.107 e. The van der Waals surface area contributed by atoms with Gasteiger partial charge in [-0.05, 0) is 54.8 Å². The highest BCUT2D eigenvalue weighted by atomic mass is 79.9. The standard InChI is InChI=1S/C13H15BrN2/c1-7-5-8(2)11(9(3)6-7)13-12(14)10(4)15-16-13/h5-6H,1-4H3,(H,15,16). The van der Waals surface area contributed by atoms with Crippen LogP contribution in [0.1, 0.15) is 22.4 Å². The maximum Gasteiger partial charge on any atom is 0.107 e. The Labute approximate surface area is 104 Å². The lowest BCUT2D eigenvalue weighted by molar-refractivity contribution is 1.05. The molecular weight excluding hydrogens is 264 g/mol. The van der Waals surface area contributed by atoms with Crippen LogP contribution in [0, 0.1) is 27.7 Å². The molecule has 0 atom stereocenters. The van der Waals surface area contributed by atoms with E-state index < -0.39 is 0 Å². The van der Waals surface area contributed by atoms with Crippen molar-refractivity contribution in [3.05, 3.63) is 39.0 Å². The van der Waals surface area contributed by atoms with E-state index in [1.165, 1.54) is 22.3 Å². The van der Waals surface area contributed by atoms with Gasteiger partial charge >= 0.3 is 0 Å². The Balaban J connectivity index is 2.69. The molecule has 0 saturated carbocycles. The molecule has 0 aliphatic rings. The van der Waals surface area contributed by atoms with E-state index in [0.717, 1.165) is 15.9 Å². The van der Waals surface area contributed by atoms with Crippen LogP contribution in [-0.2, 0) is 0 Å². The van der Waals surface area contributed by atoms with Crippen LogP contribution in [-0.4, -0.2) is 10.2 Å². The number of H-pyrrole nitrogens is 1. The van der Waals surface area contributed by atoms with Crippen molar-refractivity contribution >= 4 is 15.9 Å². The van der Waals surface area contributed by atoms with Crippen LogP contribution >= 0.6 is 15.9 Å². The van der Waals surface area contributed by atoms with Crippen LogP contribution in [0.2, 0.25) is 0 Å². The molecule has 0 bridgehead atoms. The van der Waals surface area contributed by atoms with E-state index in [2.05, 4.69) is 59.0 Å². The Bertz CT molecular complexity index is 518. The van der Waals surface area contributed by atoms with Gasteiger partial charge in [-0.3, -0.25) is 5.10 Å². The van der Waals surface area contributed by atoms with Gasteiger partial charge in [-0.2, -0.15) is 5.10 Å². The number of nitrogens with zero attached hydrogens (tertiary/aromatic N) is 1. The molecule has 0 fully saturated rings. The average molecular weight is 279 g/mol. The number of nitrogens with one attached hydrogen (secondary N) is 1. The van der Waals surface area contributed by atoms with Crippen LogP contribution in [0.3, 0.4) is 0 Å². The molecule has 1 N–H and O–H groups in total. The summed E-state index contributed by atoms with van der Waals surface area (Å²) in [5.41, 5.74) is 7.13. The van der Waals surface area contributed by atoms with Crippen molar-refractivity contribution in [1.29, 1.82) is 0 Å². The van der Waals surface area contributed by atoms with E-state index in [0.29, 0.717) is 0 Å². The van der Waals surface area contributed by atoms with Gasteiger partial charge in [0.2, 0.25) is 0 Å². The van der Waals surface area contributed by atoms with Crippen molar-refractivity contribution in [2.45, 2.75) is 27.7 Å². The highest BCUT2D eigenvalue weighted by Gasteiger charge is 2.14. The average Bonchev–Trinajstić information content (AvgIpc) is 2.48. The van der Waals surface area contributed by atoms with E-state index in [9.17, 15) is 0 Å². The van der Waals surface area contributed by atoms with E-state index in [1.54, 1.807) is 0 Å². The molecule has 0 unspecified atom stereocenters. The summed E-state index contributed by atoms with van der Waals surface area (Å²) in [6.07, 6.45) is 0. The number of rotatable bonds is 1. The number of hydrogen-bond donors (Lipinski definition) is 1. The molecule has 1 aromatic heterocycles. The Morgan fingerprint density at radius 1 is 1.06 bits per heavy atom. The molecule has 0 aliphatic heterocycles. The Morgan fingerprint density at radius 2 is 1.62 bits per heavy atom. The van der Waals surface area contributed by atoms with Gasteiger partial charge < -0.3 is 0 Å². The summed E-state index contributed by atoms with van der Waals surface area (Å²) < 4.78 is 1.06. The fraction of sp³-hybridized carbons (Fsp3) is 0.308. The summed E-state index contributed by atoms with van der Waals surface area (Å²) in [5.74, 6) is 0. The van der Waals surface area contributed by atoms with Gasteiger partial charge in [-0.25, -0.2) is 0 Å².